The van der Waals surface area contributed by atoms with Crippen LogP contribution in [0.1, 0.15) is 59.3 Å². The second kappa shape index (κ2) is 7.78. The number of carbonyl (C=O) groups is 2. The molecule has 0 bridgehead atoms. The van der Waals surface area contributed by atoms with Crippen LogP contribution in [0.3, 0.4) is 0 Å². The molecule has 0 saturated heterocycles. The van der Waals surface area contributed by atoms with E-state index in [1.54, 1.807) is 6.92 Å². The van der Waals surface area contributed by atoms with Crippen LogP contribution in [0.15, 0.2) is 0 Å². The van der Waals surface area contributed by atoms with E-state index in [-0.39, 0.29) is 11.9 Å². The SMILES string of the molecule is CC(C)C(CCN)CCC(=O)NC1CCCC1(C)C(=O)O. The quantitative estimate of drug-likeness (QED) is 0.640. The highest BCUT2D eigenvalue weighted by molar-refractivity contribution is 5.80. The van der Waals surface area contributed by atoms with Gasteiger partial charge in [-0.25, -0.2) is 0 Å². The number of carboxylic acid groups (broad SMARTS) is 1. The molecule has 3 atom stereocenters. The summed E-state index contributed by atoms with van der Waals surface area (Å²) in [5, 5.41) is 12.3. The minimum Gasteiger partial charge on any atom is -0.481 e. The monoisotopic (exact) mass is 298 g/mol. The lowest BCUT2D eigenvalue weighted by atomic mass is 9.84. The van der Waals surface area contributed by atoms with Crippen molar-refractivity contribution in [1.82, 2.24) is 5.32 Å². The maximum Gasteiger partial charge on any atom is 0.311 e. The number of aliphatic carboxylic acids is 1. The summed E-state index contributed by atoms with van der Waals surface area (Å²) in [6.45, 7) is 6.68. The summed E-state index contributed by atoms with van der Waals surface area (Å²) in [6, 6.07) is -0.241. The molecular weight excluding hydrogens is 268 g/mol. The van der Waals surface area contributed by atoms with Crippen LogP contribution in [-0.4, -0.2) is 29.6 Å². The fourth-order valence-electron chi connectivity index (χ4n) is 3.26. The number of nitrogens with one attached hydrogen (secondary N) is 1. The van der Waals surface area contributed by atoms with Gasteiger partial charge in [-0.2, -0.15) is 0 Å². The lowest BCUT2D eigenvalue weighted by molar-refractivity contribution is -0.149. The Bertz CT molecular complexity index is 371. The molecule has 0 aromatic heterocycles. The molecule has 0 aromatic rings. The first-order chi connectivity index (χ1) is 9.81. The predicted octanol–water partition coefficient (Wildman–Crippen LogP) is 2.15. The molecule has 0 heterocycles. The number of nitrogens with two attached hydrogens (primary N) is 1. The van der Waals surface area contributed by atoms with Crippen LogP contribution in [0.4, 0.5) is 0 Å². The molecule has 122 valence electrons. The Morgan fingerprint density at radius 2 is 2.05 bits per heavy atom. The second-order valence-electron chi connectivity index (χ2n) is 6.86. The largest absolute Gasteiger partial charge is 0.481 e. The van der Waals surface area contributed by atoms with Gasteiger partial charge in [0.2, 0.25) is 5.91 Å². The van der Waals surface area contributed by atoms with Gasteiger partial charge in [0.15, 0.2) is 0 Å². The average Bonchev–Trinajstić information content (AvgIpc) is 2.77. The van der Waals surface area contributed by atoms with Crippen molar-refractivity contribution in [1.29, 1.82) is 0 Å². The molecule has 1 fully saturated rings. The van der Waals surface area contributed by atoms with Crippen molar-refractivity contribution < 1.29 is 14.7 Å². The molecule has 0 radical (unpaired) electrons. The van der Waals surface area contributed by atoms with Crippen molar-refractivity contribution in [3.05, 3.63) is 0 Å². The molecule has 3 unspecified atom stereocenters. The van der Waals surface area contributed by atoms with Crippen LogP contribution in [0.25, 0.3) is 0 Å². The van der Waals surface area contributed by atoms with Crippen LogP contribution < -0.4 is 11.1 Å². The van der Waals surface area contributed by atoms with Gasteiger partial charge in [-0.05, 0) is 51.0 Å². The molecule has 1 amide bonds. The number of rotatable bonds is 8. The Labute approximate surface area is 127 Å². The summed E-state index contributed by atoms with van der Waals surface area (Å²) in [4.78, 5) is 23.5. The summed E-state index contributed by atoms with van der Waals surface area (Å²) in [6.07, 6.45) is 4.45. The number of hydrogen-bond acceptors (Lipinski definition) is 3. The summed E-state index contributed by atoms with van der Waals surface area (Å²) < 4.78 is 0. The van der Waals surface area contributed by atoms with Gasteiger partial charge in [0.1, 0.15) is 0 Å². The van der Waals surface area contributed by atoms with Crippen molar-refractivity contribution in [3.8, 4) is 0 Å². The first-order valence-electron chi connectivity index (χ1n) is 8.04. The third kappa shape index (κ3) is 4.70. The lowest BCUT2D eigenvalue weighted by Gasteiger charge is -2.28. The fraction of sp³-hybridized carbons (Fsp3) is 0.875. The van der Waals surface area contributed by atoms with Gasteiger partial charge in [-0.1, -0.05) is 20.3 Å². The molecule has 21 heavy (non-hydrogen) atoms. The van der Waals surface area contributed by atoms with Crippen LogP contribution in [0, 0.1) is 17.3 Å². The zero-order valence-corrected chi connectivity index (χ0v) is 13.5. The van der Waals surface area contributed by atoms with E-state index in [9.17, 15) is 14.7 Å². The van der Waals surface area contributed by atoms with E-state index in [1.165, 1.54) is 0 Å². The Balaban J connectivity index is 2.48. The minimum atomic E-state index is -0.815. The predicted molar refractivity (Wildman–Crippen MR) is 82.8 cm³/mol. The highest BCUT2D eigenvalue weighted by Gasteiger charge is 2.45. The molecule has 0 aliphatic heterocycles. The first-order valence-corrected chi connectivity index (χ1v) is 8.04. The number of carboxylic acids is 1. The normalized spacial score (nSPS) is 26.8. The van der Waals surface area contributed by atoms with E-state index in [1.807, 2.05) is 0 Å². The van der Waals surface area contributed by atoms with Gasteiger partial charge in [0, 0.05) is 12.5 Å². The van der Waals surface area contributed by atoms with Crippen LogP contribution in [-0.2, 0) is 9.59 Å². The topological polar surface area (TPSA) is 92.4 Å². The maximum absolute atomic E-state index is 12.1. The van der Waals surface area contributed by atoms with Crippen molar-refractivity contribution in [2.45, 2.75) is 65.3 Å². The standard InChI is InChI=1S/C16H30N2O3/c1-11(2)12(8-10-17)6-7-14(19)18-13-5-4-9-16(13,3)15(20)21/h11-13H,4-10,17H2,1-3H3,(H,18,19)(H,20,21). The van der Waals surface area contributed by atoms with Crippen molar-refractivity contribution in [2.75, 3.05) is 6.54 Å². The van der Waals surface area contributed by atoms with Crippen molar-refractivity contribution >= 4 is 11.9 Å². The molecule has 1 aliphatic rings. The van der Waals surface area contributed by atoms with Gasteiger partial charge < -0.3 is 16.2 Å². The van der Waals surface area contributed by atoms with E-state index >= 15 is 0 Å². The second-order valence-corrected chi connectivity index (χ2v) is 6.86. The van der Waals surface area contributed by atoms with Gasteiger partial charge in [0.05, 0.1) is 5.41 Å². The molecule has 1 aliphatic carbocycles. The van der Waals surface area contributed by atoms with E-state index < -0.39 is 11.4 Å². The average molecular weight is 298 g/mol. The molecular formula is C16H30N2O3. The first kappa shape index (κ1) is 18.0. The van der Waals surface area contributed by atoms with Gasteiger partial charge >= 0.3 is 5.97 Å². The van der Waals surface area contributed by atoms with Crippen LogP contribution in [0.5, 0.6) is 0 Å². The van der Waals surface area contributed by atoms with Gasteiger partial charge in [-0.15, -0.1) is 0 Å². The smallest absolute Gasteiger partial charge is 0.311 e. The van der Waals surface area contributed by atoms with E-state index in [0.29, 0.717) is 31.2 Å². The zero-order valence-electron chi connectivity index (χ0n) is 13.5. The van der Waals surface area contributed by atoms with Crippen molar-refractivity contribution in [2.24, 2.45) is 23.0 Å². The minimum absolute atomic E-state index is 0.0305. The third-order valence-corrected chi connectivity index (χ3v) is 5.00. The highest BCUT2D eigenvalue weighted by atomic mass is 16.4. The van der Waals surface area contributed by atoms with E-state index in [0.717, 1.165) is 25.7 Å². The third-order valence-electron chi connectivity index (χ3n) is 5.00. The molecule has 4 N–H and O–H groups in total. The maximum atomic E-state index is 12.1. The Morgan fingerprint density at radius 1 is 1.38 bits per heavy atom. The van der Waals surface area contributed by atoms with E-state index in [2.05, 4.69) is 19.2 Å². The van der Waals surface area contributed by atoms with Crippen molar-refractivity contribution in [3.63, 3.8) is 0 Å². The molecule has 0 aromatic carbocycles. The number of amides is 1. The Hall–Kier alpha value is -1.10. The number of carbonyl (C=O) groups excluding carboxylic acids is 1. The molecule has 0 spiro atoms. The fourth-order valence-corrected chi connectivity index (χ4v) is 3.26. The number of hydrogen-bond donors (Lipinski definition) is 3. The van der Waals surface area contributed by atoms with Gasteiger partial charge in [-0.3, -0.25) is 9.59 Å². The summed E-state index contributed by atoms with van der Waals surface area (Å²) >= 11 is 0. The van der Waals surface area contributed by atoms with Crippen LogP contribution >= 0.6 is 0 Å². The summed E-state index contributed by atoms with van der Waals surface area (Å²) in [5.41, 5.74) is 4.79. The summed E-state index contributed by atoms with van der Waals surface area (Å²) in [7, 11) is 0. The van der Waals surface area contributed by atoms with Crippen LogP contribution in [0.2, 0.25) is 0 Å². The van der Waals surface area contributed by atoms with Gasteiger partial charge in [0.25, 0.3) is 0 Å². The molecule has 5 nitrogen and oxygen atoms in total. The summed E-state index contributed by atoms with van der Waals surface area (Å²) in [5.74, 6) is 0.123. The molecule has 1 saturated carbocycles. The highest BCUT2D eigenvalue weighted by Crippen LogP contribution is 2.38. The van der Waals surface area contributed by atoms with E-state index in [4.69, 9.17) is 5.73 Å². The zero-order chi connectivity index (χ0) is 16.0. The molecule has 1 rings (SSSR count). The lowest BCUT2D eigenvalue weighted by Crippen LogP contribution is -2.47. The Kier molecular flexibility index (Phi) is 6.65. The Morgan fingerprint density at radius 3 is 2.57 bits per heavy atom. The molecule has 5 heteroatoms.